The Kier molecular flexibility index (Phi) is 4.46. The summed E-state index contributed by atoms with van der Waals surface area (Å²) < 4.78 is 16.9. The smallest absolute Gasteiger partial charge is 0.296 e. The Morgan fingerprint density at radius 3 is 2.74 bits per heavy atom. The molecule has 158 valence electrons. The van der Waals surface area contributed by atoms with Crippen LogP contribution in [0.2, 0.25) is 0 Å². The molecule has 7 nitrogen and oxygen atoms in total. The molecule has 1 saturated heterocycles. The van der Waals surface area contributed by atoms with Crippen molar-refractivity contribution < 1.29 is 28.3 Å². The number of hydrogen-bond donors (Lipinski definition) is 1. The maximum absolute atomic E-state index is 13.0. The van der Waals surface area contributed by atoms with E-state index in [9.17, 15) is 14.7 Å². The molecular formula is C24H21NO6. The van der Waals surface area contributed by atoms with Crippen LogP contribution in [0.5, 0.6) is 5.75 Å². The molecule has 4 heterocycles. The molecule has 3 aromatic rings. The van der Waals surface area contributed by atoms with Crippen LogP contribution in [0.1, 0.15) is 41.4 Å². The number of amides is 1. The number of aryl methyl sites for hydroxylation is 1. The molecule has 31 heavy (non-hydrogen) atoms. The summed E-state index contributed by atoms with van der Waals surface area (Å²) in [5, 5.41) is 11.2. The number of ketones is 1. The second-order valence-corrected chi connectivity index (χ2v) is 7.91. The Labute approximate surface area is 178 Å². The largest absolute Gasteiger partial charge is 0.507 e. The van der Waals surface area contributed by atoms with Crippen LogP contribution in [0.25, 0.3) is 5.76 Å². The third-order valence-electron chi connectivity index (χ3n) is 5.65. The maximum atomic E-state index is 13.0. The number of fused-ring (bicyclic) bond motifs is 1. The predicted octanol–water partition coefficient (Wildman–Crippen LogP) is 4.13. The fourth-order valence-electron chi connectivity index (χ4n) is 4.23. The van der Waals surface area contributed by atoms with Crippen LogP contribution in [0.3, 0.4) is 0 Å². The van der Waals surface area contributed by atoms with E-state index < -0.39 is 17.7 Å². The highest BCUT2D eigenvalue weighted by Crippen LogP contribution is 2.41. The summed E-state index contributed by atoms with van der Waals surface area (Å²) in [5.74, 6) is 0.634. The Balaban J connectivity index is 1.62. The number of likely N-dealkylation sites (tertiary alicyclic amines) is 1. The summed E-state index contributed by atoms with van der Waals surface area (Å²) in [4.78, 5) is 27.3. The summed E-state index contributed by atoms with van der Waals surface area (Å²) in [5.41, 5.74) is 1.41. The highest BCUT2D eigenvalue weighted by molar-refractivity contribution is 6.46. The summed E-state index contributed by atoms with van der Waals surface area (Å²) >= 11 is 0. The zero-order valence-electron chi connectivity index (χ0n) is 17.1. The zero-order valence-corrected chi connectivity index (χ0v) is 17.1. The van der Waals surface area contributed by atoms with Crippen molar-refractivity contribution in [2.24, 2.45) is 0 Å². The van der Waals surface area contributed by atoms with Crippen LogP contribution in [0.4, 0.5) is 0 Å². The molecule has 0 radical (unpaired) electrons. The van der Waals surface area contributed by atoms with Gasteiger partial charge >= 0.3 is 0 Å². The maximum Gasteiger partial charge on any atom is 0.296 e. The Bertz CT molecular complexity index is 1200. The number of aliphatic hydroxyl groups is 1. The second-order valence-electron chi connectivity index (χ2n) is 7.91. The van der Waals surface area contributed by atoms with E-state index in [1.807, 2.05) is 6.92 Å². The molecule has 2 aliphatic heterocycles. The molecule has 0 spiro atoms. The van der Waals surface area contributed by atoms with Gasteiger partial charge in [-0.1, -0.05) is 0 Å². The van der Waals surface area contributed by atoms with Gasteiger partial charge in [-0.15, -0.1) is 0 Å². The van der Waals surface area contributed by atoms with E-state index in [0.717, 1.165) is 11.3 Å². The van der Waals surface area contributed by atoms with E-state index in [0.29, 0.717) is 29.3 Å². The van der Waals surface area contributed by atoms with Crippen molar-refractivity contribution in [1.82, 2.24) is 4.90 Å². The standard InChI is InChI=1S/C24H21NO6/c1-13-5-7-19(30-13)21-20(23(27)24(28)25(21)12-17-4-3-9-29-17)22(26)15-6-8-18-16(11-15)10-14(2)31-18/h3-9,11,14,21,26H,10,12H2,1-2H3/b22-20+. The first-order valence-corrected chi connectivity index (χ1v) is 10.1. The van der Waals surface area contributed by atoms with Crippen LogP contribution in [0.15, 0.2) is 63.1 Å². The number of benzene rings is 1. The van der Waals surface area contributed by atoms with Crippen molar-refractivity contribution in [1.29, 1.82) is 0 Å². The number of nitrogens with zero attached hydrogens (tertiary/aromatic N) is 1. The van der Waals surface area contributed by atoms with Crippen molar-refractivity contribution in [3.63, 3.8) is 0 Å². The van der Waals surface area contributed by atoms with Gasteiger partial charge in [-0.25, -0.2) is 0 Å². The number of rotatable bonds is 4. The van der Waals surface area contributed by atoms with Crippen LogP contribution in [-0.4, -0.2) is 27.8 Å². The molecule has 7 heteroatoms. The number of Topliss-reactive ketones (excluding diaryl/α,β-unsaturated/α-hetero) is 1. The lowest BCUT2D eigenvalue weighted by molar-refractivity contribution is -0.140. The molecule has 0 bridgehead atoms. The quantitative estimate of drug-likeness (QED) is 0.388. The zero-order chi connectivity index (χ0) is 21.7. The molecule has 1 N–H and O–H groups in total. The average molecular weight is 419 g/mol. The van der Waals surface area contributed by atoms with E-state index in [1.165, 1.54) is 11.2 Å². The molecule has 1 fully saturated rings. The van der Waals surface area contributed by atoms with Gasteiger partial charge in [0, 0.05) is 12.0 Å². The minimum absolute atomic E-state index is 0.00202. The molecule has 1 aromatic carbocycles. The first-order valence-electron chi connectivity index (χ1n) is 10.1. The monoisotopic (exact) mass is 419 g/mol. The molecule has 2 unspecified atom stereocenters. The Hall–Kier alpha value is -3.74. The van der Waals surface area contributed by atoms with Crippen LogP contribution >= 0.6 is 0 Å². The fraction of sp³-hybridized carbons (Fsp3) is 0.250. The summed E-state index contributed by atoms with van der Waals surface area (Å²) in [7, 11) is 0. The lowest BCUT2D eigenvalue weighted by Crippen LogP contribution is -2.28. The van der Waals surface area contributed by atoms with E-state index >= 15 is 0 Å². The molecule has 5 rings (SSSR count). The van der Waals surface area contributed by atoms with E-state index in [1.54, 1.807) is 49.4 Å². The third kappa shape index (κ3) is 3.22. The van der Waals surface area contributed by atoms with Gasteiger partial charge in [-0.3, -0.25) is 9.59 Å². The van der Waals surface area contributed by atoms with E-state index in [-0.39, 0.29) is 24.0 Å². The minimum atomic E-state index is -0.859. The van der Waals surface area contributed by atoms with Crippen LogP contribution < -0.4 is 4.74 Å². The lowest BCUT2D eigenvalue weighted by Gasteiger charge is -2.22. The first kappa shape index (κ1) is 19.2. The number of hydrogen-bond acceptors (Lipinski definition) is 6. The Morgan fingerprint density at radius 2 is 2.03 bits per heavy atom. The topological polar surface area (TPSA) is 93.1 Å². The fourth-order valence-corrected chi connectivity index (χ4v) is 4.23. The van der Waals surface area contributed by atoms with Gasteiger partial charge < -0.3 is 23.6 Å². The van der Waals surface area contributed by atoms with Crippen molar-refractivity contribution in [2.75, 3.05) is 0 Å². The normalized spacial score (nSPS) is 22.1. The SMILES string of the molecule is Cc1ccc(C2/C(=C(\O)c3ccc4c(c3)CC(C)O4)C(=O)C(=O)N2Cc2ccco2)o1. The van der Waals surface area contributed by atoms with Gasteiger partial charge in [-0.05, 0) is 61.9 Å². The summed E-state index contributed by atoms with van der Waals surface area (Å²) in [6, 6.07) is 11.3. The van der Waals surface area contributed by atoms with Gasteiger partial charge in [0.05, 0.1) is 18.4 Å². The first-order chi connectivity index (χ1) is 14.9. The molecule has 0 aliphatic carbocycles. The van der Waals surface area contributed by atoms with E-state index in [4.69, 9.17) is 13.6 Å². The van der Waals surface area contributed by atoms with E-state index in [2.05, 4.69) is 0 Å². The number of carbonyl (C=O) groups is 2. The van der Waals surface area contributed by atoms with Crippen molar-refractivity contribution in [3.8, 4) is 5.75 Å². The number of furan rings is 2. The second kappa shape index (κ2) is 7.19. The molecule has 2 aromatic heterocycles. The van der Waals surface area contributed by atoms with Crippen molar-refractivity contribution in [2.45, 2.75) is 39.0 Å². The average Bonchev–Trinajstić information content (AvgIpc) is 3.51. The highest BCUT2D eigenvalue weighted by Gasteiger charge is 2.48. The highest BCUT2D eigenvalue weighted by atomic mass is 16.5. The van der Waals surface area contributed by atoms with Gasteiger partial charge in [0.1, 0.15) is 40.9 Å². The Morgan fingerprint density at radius 1 is 1.19 bits per heavy atom. The molecule has 2 aliphatic rings. The van der Waals surface area contributed by atoms with Crippen molar-refractivity contribution in [3.05, 3.63) is 82.7 Å². The van der Waals surface area contributed by atoms with Crippen molar-refractivity contribution >= 4 is 17.4 Å². The third-order valence-corrected chi connectivity index (χ3v) is 5.65. The van der Waals surface area contributed by atoms with Gasteiger partial charge in [0.2, 0.25) is 0 Å². The number of carbonyl (C=O) groups excluding carboxylic acids is 2. The van der Waals surface area contributed by atoms with Gasteiger partial charge in [0.25, 0.3) is 11.7 Å². The summed E-state index contributed by atoms with van der Waals surface area (Å²) in [6.45, 7) is 3.83. The number of aliphatic hydroxyl groups excluding tert-OH is 1. The lowest BCUT2D eigenvalue weighted by atomic mass is 9.97. The van der Waals surface area contributed by atoms with Gasteiger partial charge in [-0.2, -0.15) is 0 Å². The summed E-state index contributed by atoms with van der Waals surface area (Å²) in [6.07, 6.45) is 2.27. The molecule has 2 atom stereocenters. The molecular weight excluding hydrogens is 398 g/mol. The molecule has 0 saturated carbocycles. The predicted molar refractivity (Wildman–Crippen MR) is 110 cm³/mol. The van der Waals surface area contributed by atoms with Crippen LogP contribution in [0, 0.1) is 6.92 Å². The minimum Gasteiger partial charge on any atom is -0.507 e. The number of ether oxygens (including phenoxy) is 1. The van der Waals surface area contributed by atoms with Crippen LogP contribution in [-0.2, 0) is 22.6 Å². The van der Waals surface area contributed by atoms with Gasteiger partial charge in [0.15, 0.2) is 0 Å². The molecule has 1 amide bonds.